The number of nitrogens with zero attached hydrogens (tertiary/aromatic N) is 7. The maximum absolute atomic E-state index is 14.3. The van der Waals surface area contributed by atoms with Gasteiger partial charge in [-0.1, -0.05) is 5.11 Å². The van der Waals surface area contributed by atoms with Crippen LogP contribution in [-0.2, 0) is 10.3 Å². The van der Waals surface area contributed by atoms with E-state index in [9.17, 15) is 25.0 Å². The van der Waals surface area contributed by atoms with Gasteiger partial charge in [-0.3, -0.25) is 0 Å². The summed E-state index contributed by atoms with van der Waals surface area (Å²) in [7, 11) is 0. The van der Waals surface area contributed by atoms with Crippen molar-refractivity contribution in [1.29, 1.82) is 5.26 Å². The summed E-state index contributed by atoms with van der Waals surface area (Å²) in [5.74, 6) is -1.10. The lowest BCUT2D eigenvalue weighted by Gasteiger charge is -2.29. The molecule has 0 saturated carbocycles. The molecule has 0 spiro atoms. The Hall–Kier alpha value is -3.01. The molecule has 0 unspecified atom stereocenters. The summed E-state index contributed by atoms with van der Waals surface area (Å²) in [5, 5.41) is 47.3. The molecule has 13 heteroatoms. The van der Waals surface area contributed by atoms with Gasteiger partial charge in [-0.2, -0.15) is 10.4 Å². The molecule has 5 N–H and O–H groups in total. The highest BCUT2D eigenvalue weighted by molar-refractivity contribution is 5.67. The third-order valence-corrected chi connectivity index (χ3v) is 4.37. The van der Waals surface area contributed by atoms with Crippen LogP contribution in [0.4, 0.5) is 10.2 Å². The lowest BCUT2D eigenvalue weighted by Crippen LogP contribution is -2.48. The van der Waals surface area contributed by atoms with E-state index in [2.05, 4.69) is 20.1 Å². The minimum atomic E-state index is -2.32. The first-order valence-electron chi connectivity index (χ1n) is 7.24. The predicted molar refractivity (Wildman–Crippen MR) is 81.6 cm³/mol. The van der Waals surface area contributed by atoms with E-state index in [1.165, 1.54) is 0 Å². The van der Waals surface area contributed by atoms with E-state index < -0.39 is 42.4 Å². The number of ether oxygens (including phenoxy) is 1. The fourth-order valence-electron chi connectivity index (χ4n) is 3.04. The van der Waals surface area contributed by atoms with E-state index in [-0.39, 0.29) is 17.0 Å². The highest BCUT2D eigenvalue weighted by Gasteiger charge is 2.64. The number of fused-ring (bicyclic) bond motifs is 1. The highest BCUT2D eigenvalue weighted by atomic mass is 19.1. The number of aliphatic hydroxyl groups excluding tert-OH is 3. The Morgan fingerprint density at radius 3 is 2.88 bits per heavy atom. The second-order valence-corrected chi connectivity index (χ2v) is 5.73. The molecule has 1 aliphatic rings. The molecule has 26 heavy (non-hydrogen) atoms. The van der Waals surface area contributed by atoms with Gasteiger partial charge in [0.15, 0.2) is 11.6 Å². The number of azide groups is 1. The SMILES string of the molecule is N#C[C@@]1(c2cc(F)c3c(N)ncnn23)O[C@@](CO)(CN=[N+]=[N-])[C@@H](O)[C@H]1O. The number of hydrogen-bond donors (Lipinski definition) is 4. The van der Waals surface area contributed by atoms with Gasteiger partial charge in [0, 0.05) is 11.0 Å². The average molecular weight is 364 g/mol. The molecule has 3 heterocycles. The van der Waals surface area contributed by atoms with Crippen LogP contribution in [0.15, 0.2) is 17.5 Å². The van der Waals surface area contributed by atoms with Gasteiger partial charge < -0.3 is 25.8 Å². The molecule has 4 atom stereocenters. The van der Waals surface area contributed by atoms with Crippen LogP contribution >= 0.6 is 0 Å². The van der Waals surface area contributed by atoms with Crippen LogP contribution in [0.1, 0.15) is 5.69 Å². The van der Waals surface area contributed by atoms with Crippen LogP contribution in [0.2, 0.25) is 0 Å². The number of aromatic nitrogens is 3. The van der Waals surface area contributed by atoms with Crippen molar-refractivity contribution in [2.45, 2.75) is 23.4 Å². The molecule has 0 bridgehead atoms. The molecule has 1 aliphatic heterocycles. The number of hydrogen-bond acceptors (Lipinski definition) is 9. The number of rotatable bonds is 4. The van der Waals surface area contributed by atoms with Crippen molar-refractivity contribution in [2.24, 2.45) is 5.11 Å². The zero-order valence-electron chi connectivity index (χ0n) is 13.1. The largest absolute Gasteiger partial charge is 0.393 e. The lowest BCUT2D eigenvalue weighted by molar-refractivity contribution is -0.129. The molecular formula is C13H13FN8O4. The molecule has 12 nitrogen and oxygen atoms in total. The van der Waals surface area contributed by atoms with Crippen molar-refractivity contribution in [2.75, 3.05) is 18.9 Å². The summed E-state index contributed by atoms with van der Waals surface area (Å²) in [6.07, 6.45) is -2.72. The molecule has 3 rings (SSSR count). The Labute approximate surface area is 144 Å². The monoisotopic (exact) mass is 364 g/mol. The third kappa shape index (κ3) is 2.18. The summed E-state index contributed by atoms with van der Waals surface area (Å²) in [4.78, 5) is 6.17. The van der Waals surface area contributed by atoms with Crippen LogP contribution in [0.5, 0.6) is 0 Å². The molecule has 0 aromatic carbocycles. The van der Waals surface area contributed by atoms with Crippen molar-refractivity contribution in [3.63, 3.8) is 0 Å². The molecule has 2 aromatic heterocycles. The van der Waals surface area contributed by atoms with Crippen molar-refractivity contribution in [1.82, 2.24) is 14.6 Å². The Morgan fingerprint density at radius 2 is 2.27 bits per heavy atom. The van der Waals surface area contributed by atoms with E-state index in [0.29, 0.717) is 0 Å². The molecule has 2 aromatic rings. The van der Waals surface area contributed by atoms with Crippen LogP contribution in [-0.4, -0.2) is 60.9 Å². The smallest absolute Gasteiger partial charge is 0.225 e. The first-order valence-corrected chi connectivity index (χ1v) is 7.24. The van der Waals surface area contributed by atoms with Gasteiger partial charge in [-0.05, 0) is 5.53 Å². The Kier molecular flexibility index (Phi) is 4.15. The molecule has 1 saturated heterocycles. The van der Waals surface area contributed by atoms with Crippen LogP contribution < -0.4 is 5.73 Å². The number of nitriles is 1. The highest BCUT2D eigenvalue weighted by Crippen LogP contribution is 2.45. The minimum absolute atomic E-state index is 0.215. The summed E-state index contributed by atoms with van der Waals surface area (Å²) < 4.78 is 20.8. The third-order valence-electron chi connectivity index (χ3n) is 4.37. The number of halogens is 1. The van der Waals surface area contributed by atoms with E-state index in [4.69, 9.17) is 16.0 Å². The summed E-state index contributed by atoms with van der Waals surface area (Å²) in [6.45, 7) is -1.46. The fourth-order valence-corrected chi connectivity index (χ4v) is 3.04. The van der Waals surface area contributed by atoms with Gasteiger partial charge in [-0.25, -0.2) is 13.9 Å². The van der Waals surface area contributed by atoms with Gasteiger partial charge in [0.1, 0.15) is 35.7 Å². The molecular weight excluding hydrogens is 351 g/mol. The maximum atomic E-state index is 14.3. The minimum Gasteiger partial charge on any atom is -0.393 e. The lowest BCUT2D eigenvalue weighted by atomic mass is 9.89. The predicted octanol–water partition coefficient (Wildman–Crippen LogP) is -1.04. The van der Waals surface area contributed by atoms with Crippen LogP contribution in [0.3, 0.4) is 0 Å². The number of nitrogen functional groups attached to an aromatic ring is 1. The van der Waals surface area contributed by atoms with Crippen molar-refractivity contribution in [3.05, 3.63) is 34.3 Å². The van der Waals surface area contributed by atoms with Gasteiger partial charge in [0.25, 0.3) is 0 Å². The summed E-state index contributed by atoms with van der Waals surface area (Å²) in [6, 6.07) is 2.56. The Bertz CT molecular complexity index is 954. The van der Waals surface area contributed by atoms with E-state index >= 15 is 0 Å². The first kappa shape index (κ1) is 17.8. The van der Waals surface area contributed by atoms with Crippen molar-refractivity contribution >= 4 is 11.3 Å². The second-order valence-electron chi connectivity index (χ2n) is 5.73. The van der Waals surface area contributed by atoms with Crippen molar-refractivity contribution < 1.29 is 24.4 Å². The quantitative estimate of drug-likeness (QED) is 0.299. The first-order chi connectivity index (χ1) is 12.4. The van der Waals surface area contributed by atoms with E-state index in [1.54, 1.807) is 6.07 Å². The molecule has 0 amide bonds. The fraction of sp³-hybridized carbons (Fsp3) is 0.462. The Morgan fingerprint density at radius 1 is 1.54 bits per heavy atom. The normalized spacial score (nSPS) is 30.9. The number of nitrogens with two attached hydrogens (primary N) is 1. The maximum Gasteiger partial charge on any atom is 0.225 e. The van der Waals surface area contributed by atoms with E-state index in [0.717, 1.165) is 16.9 Å². The molecule has 0 radical (unpaired) electrons. The standard InChI is InChI=1S/C13H13FN8O4/c14-6-1-7(22-8(6)11(16)18-5-20-22)13(2-15)10(25)9(24)12(4-23,26-13)3-19-21-17/h1,5,9-10,23-25H,3-4H2,(H2,16,18,20)/t9-,10+,12+,13-/m0/s1. The van der Waals surface area contributed by atoms with Crippen molar-refractivity contribution in [3.8, 4) is 6.07 Å². The average Bonchev–Trinajstić information content (AvgIpc) is 3.10. The summed E-state index contributed by atoms with van der Waals surface area (Å²) in [5.41, 5.74) is 9.30. The van der Waals surface area contributed by atoms with Crippen LogP contribution in [0.25, 0.3) is 16.0 Å². The molecule has 136 valence electrons. The Balaban J connectivity index is 2.24. The van der Waals surface area contributed by atoms with Gasteiger partial charge in [0.05, 0.1) is 18.8 Å². The van der Waals surface area contributed by atoms with Crippen LogP contribution in [0, 0.1) is 17.1 Å². The summed E-state index contributed by atoms with van der Waals surface area (Å²) >= 11 is 0. The topological polar surface area (TPSA) is 199 Å². The molecule has 1 fully saturated rings. The zero-order valence-corrected chi connectivity index (χ0v) is 13.1. The number of aliphatic hydroxyl groups is 3. The van der Waals surface area contributed by atoms with Gasteiger partial charge in [-0.15, -0.1) is 0 Å². The second kappa shape index (κ2) is 6.06. The number of anilines is 1. The molecule has 0 aliphatic carbocycles. The zero-order chi connectivity index (χ0) is 19.1. The van der Waals surface area contributed by atoms with Gasteiger partial charge in [0.2, 0.25) is 5.60 Å². The van der Waals surface area contributed by atoms with Gasteiger partial charge >= 0.3 is 0 Å². The van der Waals surface area contributed by atoms with E-state index in [1.807, 2.05) is 0 Å².